The number of alkyl halides is 1. The van der Waals surface area contributed by atoms with Gasteiger partial charge in [0.2, 0.25) is 0 Å². The summed E-state index contributed by atoms with van der Waals surface area (Å²) in [7, 11) is 0. The summed E-state index contributed by atoms with van der Waals surface area (Å²) in [6, 6.07) is 10.9. The van der Waals surface area contributed by atoms with E-state index in [4.69, 9.17) is 33.2 Å². The molecular weight excluding hydrogens is 283 g/mol. The number of halogens is 2. The van der Waals surface area contributed by atoms with E-state index in [0.717, 1.165) is 11.1 Å². The average molecular weight is 293 g/mol. The van der Waals surface area contributed by atoms with Crippen LogP contribution in [0.15, 0.2) is 36.5 Å². The van der Waals surface area contributed by atoms with Crippen molar-refractivity contribution in [2.45, 2.75) is 12.5 Å². The molecule has 0 atom stereocenters. The van der Waals surface area contributed by atoms with Crippen LogP contribution >= 0.6 is 23.2 Å². The van der Waals surface area contributed by atoms with Gasteiger partial charge in [0.1, 0.15) is 24.1 Å². The summed E-state index contributed by atoms with van der Waals surface area (Å²) in [6.07, 6.45) is 1.58. The predicted molar refractivity (Wildman–Crippen MR) is 74.3 cm³/mol. The first kappa shape index (κ1) is 13.7. The molecule has 96 valence electrons. The number of hydrogen-bond donors (Lipinski definition) is 0. The third-order valence-electron chi connectivity index (χ3n) is 2.51. The lowest BCUT2D eigenvalue weighted by molar-refractivity contribution is 0.304. The first-order valence-corrected chi connectivity index (χ1v) is 6.47. The van der Waals surface area contributed by atoms with Crippen LogP contribution in [0.25, 0.3) is 0 Å². The Morgan fingerprint density at radius 1 is 1.32 bits per heavy atom. The van der Waals surface area contributed by atoms with Crippen molar-refractivity contribution in [2.75, 3.05) is 0 Å². The lowest BCUT2D eigenvalue weighted by Crippen LogP contribution is -1.99. The van der Waals surface area contributed by atoms with E-state index < -0.39 is 0 Å². The molecule has 0 spiro atoms. The third-order valence-corrected chi connectivity index (χ3v) is 3.10. The minimum atomic E-state index is 0.310. The number of benzene rings is 1. The van der Waals surface area contributed by atoms with Crippen molar-refractivity contribution in [2.24, 2.45) is 0 Å². The van der Waals surface area contributed by atoms with Gasteiger partial charge in [0.15, 0.2) is 0 Å². The van der Waals surface area contributed by atoms with Crippen LogP contribution in [-0.2, 0) is 12.5 Å². The average Bonchev–Trinajstić information content (AvgIpc) is 2.46. The van der Waals surface area contributed by atoms with Gasteiger partial charge in [0.05, 0.1) is 10.9 Å². The molecule has 0 aliphatic heterocycles. The number of rotatable bonds is 4. The van der Waals surface area contributed by atoms with Gasteiger partial charge in [0, 0.05) is 11.8 Å². The molecule has 0 bridgehead atoms. The van der Waals surface area contributed by atoms with Gasteiger partial charge < -0.3 is 4.74 Å². The van der Waals surface area contributed by atoms with Crippen LogP contribution in [0.3, 0.4) is 0 Å². The number of nitrogens with zero attached hydrogens (tertiary/aromatic N) is 2. The molecule has 2 aromatic rings. The third kappa shape index (κ3) is 3.37. The maximum Gasteiger partial charge on any atom is 0.142 e. The summed E-state index contributed by atoms with van der Waals surface area (Å²) < 4.78 is 5.69. The van der Waals surface area contributed by atoms with E-state index in [0.29, 0.717) is 29.0 Å². The summed E-state index contributed by atoms with van der Waals surface area (Å²) >= 11 is 11.9. The summed E-state index contributed by atoms with van der Waals surface area (Å²) in [5.41, 5.74) is 2.05. The molecular formula is C14H10Cl2N2O. The van der Waals surface area contributed by atoms with E-state index in [9.17, 15) is 0 Å². The highest BCUT2D eigenvalue weighted by Gasteiger charge is 2.08. The Kier molecular flexibility index (Phi) is 4.62. The van der Waals surface area contributed by atoms with Crippen LogP contribution < -0.4 is 4.74 Å². The SMILES string of the molecule is N#Cc1cc(COc2c(Cl)cccc2CCl)ccn1. The van der Waals surface area contributed by atoms with E-state index in [1.807, 2.05) is 18.2 Å². The number of para-hydroxylation sites is 1. The van der Waals surface area contributed by atoms with Crippen LogP contribution in [0.2, 0.25) is 5.02 Å². The molecule has 1 heterocycles. The molecule has 3 nitrogen and oxygen atoms in total. The Morgan fingerprint density at radius 2 is 2.16 bits per heavy atom. The normalized spacial score (nSPS) is 9.95. The van der Waals surface area contributed by atoms with Gasteiger partial charge in [-0.1, -0.05) is 23.7 Å². The number of hydrogen-bond acceptors (Lipinski definition) is 3. The molecule has 0 saturated carbocycles. The van der Waals surface area contributed by atoms with Gasteiger partial charge in [0.25, 0.3) is 0 Å². The van der Waals surface area contributed by atoms with E-state index in [2.05, 4.69) is 4.98 Å². The molecule has 5 heteroatoms. The zero-order chi connectivity index (χ0) is 13.7. The lowest BCUT2D eigenvalue weighted by Gasteiger charge is -2.11. The minimum absolute atomic E-state index is 0.310. The van der Waals surface area contributed by atoms with Crippen LogP contribution in [0.4, 0.5) is 0 Å². The zero-order valence-corrected chi connectivity index (χ0v) is 11.4. The highest BCUT2D eigenvalue weighted by Crippen LogP contribution is 2.30. The zero-order valence-electron chi connectivity index (χ0n) is 9.94. The lowest BCUT2D eigenvalue weighted by atomic mass is 10.2. The van der Waals surface area contributed by atoms with Gasteiger partial charge in [-0.15, -0.1) is 11.6 Å². The van der Waals surface area contributed by atoms with Crippen molar-refractivity contribution < 1.29 is 4.74 Å². The highest BCUT2D eigenvalue weighted by molar-refractivity contribution is 6.32. The molecule has 0 fully saturated rings. The second-order valence-corrected chi connectivity index (χ2v) is 4.49. The second-order valence-electron chi connectivity index (χ2n) is 3.81. The van der Waals surface area contributed by atoms with Crippen molar-refractivity contribution >= 4 is 23.2 Å². The number of ether oxygens (including phenoxy) is 1. The maximum absolute atomic E-state index is 8.78. The number of nitriles is 1. The summed E-state index contributed by atoms with van der Waals surface area (Å²) in [4.78, 5) is 3.90. The smallest absolute Gasteiger partial charge is 0.142 e. The number of aromatic nitrogens is 1. The summed E-state index contributed by atoms with van der Waals surface area (Å²) in [5.74, 6) is 0.907. The van der Waals surface area contributed by atoms with E-state index >= 15 is 0 Å². The maximum atomic E-state index is 8.78. The van der Waals surface area contributed by atoms with Crippen molar-refractivity contribution in [3.05, 3.63) is 58.4 Å². The fourth-order valence-corrected chi connectivity index (χ4v) is 2.06. The monoisotopic (exact) mass is 292 g/mol. The van der Waals surface area contributed by atoms with Gasteiger partial charge in [-0.05, 0) is 23.8 Å². The predicted octanol–water partition coefficient (Wildman–Crippen LogP) is 3.92. The Bertz CT molecular complexity index is 623. The van der Waals surface area contributed by atoms with Gasteiger partial charge in [-0.3, -0.25) is 0 Å². The summed E-state index contributed by atoms with van der Waals surface area (Å²) in [5, 5.41) is 9.30. The molecule has 2 rings (SSSR count). The number of pyridine rings is 1. The Morgan fingerprint density at radius 3 is 2.89 bits per heavy atom. The largest absolute Gasteiger partial charge is 0.487 e. The molecule has 0 aliphatic rings. The molecule has 0 unspecified atom stereocenters. The Hall–Kier alpha value is -1.76. The molecule has 0 amide bonds. The van der Waals surface area contributed by atoms with E-state index in [1.165, 1.54) is 0 Å². The van der Waals surface area contributed by atoms with Crippen LogP contribution in [0.5, 0.6) is 5.75 Å². The topological polar surface area (TPSA) is 45.9 Å². The van der Waals surface area contributed by atoms with Gasteiger partial charge >= 0.3 is 0 Å². The Labute approximate surface area is 121 Å². The molecule has 19 heavy (non-hydrogen) atoms. The van der Waals surface area contributed by atoms with Crippen molar-refractivity contribution in [3.63, 3.8) is 0 Å². The fraction of sp³-hybridized carbons (Fsp3) is 0.143. The molecule has 0 radical (unpaired) electrons. The van der Waals surface area contributed by atoms with Crippen molar-refractivity contribution in [1.29, 1.82) is 5.26 Å². The van der Waals surface area contributed by atoms with Crippen molar-refractivity contribution in [3.8, 4) is 11.8 Å². The van der Waals surface area contributed by atoms with E-state index in [1.54, 1.807) is 24.4 Å². The van der Waals surface area contributed by atoms with Gasteiger partial charge in [-0.2, -0.15) is 5.26 Å². The molecule has 0 saturated heterocycles. The highest BCUT2D eigenvalue weighted by atomic mass is 35.5. The summed E-state index contributed by atoms with van der Waals surface area (Å²) in [6.45, 7) is 0.310. The second kappa shape index (κ2) is 6.42. The molecule has 1 aromatic carbocycles. The Balaban J connectivity index is 2.17. The quantitative estimate of drug-likeness (QED) is 0.802. The molecule has 0 N–H and O–H groups in total. The minimum Gasteiger partial charge on any atom is -0.487 e. The fourth-order valence-electron chi connectivity index (χ4n) is 1.60. The molecule has 0 aliphatic carbocycles. The van der Waals surface area contributed by atoms with Crippen LogP contribution in [0.1, 0.15) is 16.8 Å². The van der Waals surface area contributed by atoms with Crippen LogP contribution in [-0.4, -0.2) is 4.98 Å². The molecule has 1 aromatic heterocycles. The standard InChI is InChI=1S/C14H10Cl2N2O/c15-7-11-2-1-3-13(16)14(11)19-9-10-4-5-18-12(6-10)8-17/h1-6H,7,9H2. The van der Waals surface area contributed by atoms with Gasteiger partial charge in [-0.25, -0.2) is 4.98 Å². The van der Waals surface area contributed by atoms with E-state index in [-0.39, 0.29) is 0 Å². The first-order valence-electron chi connectivity index (χ1n) is 5.55. The first-order chi connectivity index (χ1) is 9.24. The van der Waals surface area contributed by atoms with Crippen LogP contribution in [0, 0.1) is 11.3 Å². The van der Waals surface area contributed by atoms with Crippen molar-refractivity contribution in [1.82, 2.24) is 4.98 Å².